The van der Waals surface area contributed by atoms with Crippen LogP contribution < -0.4 is 4.74 Å². The fraction of sp³-hybridized carbons (Fsp3) is 0.227. The van der Waals surface area contributed by atoms with Crippen LogP contribution >= 0.6 is 0 Å². The Morgan fingerprint density at radius 3 is 2.55 bits per heavy atom. The summed E-state index contributed by atoms with van der Waals surface area (Å²) in [7, 11) is -2.01. The number of sulfone groups is 1. The zero-order chi connectivity index (χ0) is 22.2. The Bertz CT molecular complexity index is 1380. The SMILES string of the molecule is CCn1cnc2c(-c3ccc(OC)c(-c4ccc(S(=O)(=O)CC)cc4F)c3)cnnc21. The first-order valence-electron chi connectivity index (χ1n) is 9.77. The van der Waals surface area contributed by atoms with Gasteiger partial charge in [0, 0.05) is 23.2 Å². The summed E-state index contributed by atoms with van der Waals surface area (Å²) in [6, 6.07) is 9.30. The molecule has 0 fully saturated rings. The van der Waals surface area contributed by atoms with Crippen LogP contribution in [0.15, 0.2) is 53.8 Å². The van der Waals surface area contributed by atoms with Crippen molar-refractivity contribution in [2.75, 3.05) is 12.9 Å². The number of fused-ring (bicyclic) bond motifs is 1. The van der Waals surface area contributed by atoms with Crippen molar-refractivity contribution in [2.24, 2.45) is 0 Å². The molecule has 0 spiro atoms. The average molecular weight is 441 g/mol. The first-order valence-corrected chi connectivity index (χ1v) is 11.4. The summed E-state index contributed by atoms with van der Waals surface area (Å²) < 4.78 is 46.5. The van der Waals surface area contributed by atoms with Gasteiger partial charge < -0.3 is 9.30 Å². The molecule has 0 radical (unpaired) electrons. The lowest BCUT2D eigenvalue weighted by molar-refractivity contribution is 0.416. The second-order valence-corrected chi connectivity index (χ2v) is 9.20. The molecule has 2 aromatic heterocycles. The molecule has 9 heteroatoms. The Balaban J connectivity index is 1.88. The van der Waals surface area contributed by atoms with Crippen LogP contribution in [0, 0.1) is 5.82 Å². The molecule has 0 saturated carbocycles. The van der Waals surface area contributed by atoms with Crippen LogP contribution in [0.3, 0.4) is 0 Å². The normalized spacial score (nSPS) is 11.7. The Labute approximate surface area is 179 Å². The van der Waals surface area contributed by atoms with Crippen molar-refractivity contribution in [3.63, 3.8) is 0 Å². The number of hydrogen-bond donors (Lipinski definition) is 0. The third-order valence-electron chi connectivity index (χ3n) is 5.23. The van der Waals surface area contributed by atoms with Gasteiger partial charge in [0.25, 0.3) is 0 Å². The van der Waals surface area contributed by atoms with Gasteiger partial charge in [-0.05, 0) is 36.8 Å². The van der Waals surface area contributed by atoms with Crippen molar-refractivity contribution in [1.82, 2.24) is 19.7 Å². The molecule has 2 heterocycles. The number of benzene rings is 2. The second kappa shape index (κ2) is 8.07. The number of hydrogen-bond acceptors (Lipinski definition) is 6. The Morgan fingerprint density at radius 2 is 1.87 bits per heavy atom. The van der Waals surface area contributed by atoms with E-state index in [-0.39, 0.29) is 16.2 Å². The molecule has 0 amide bonds. The molecule has 0 N–H and O–H groups in total. The van der Waals surface area contributed by atoms with Crippen LogP contribution in [0.25, 0.3) is 33.4 Å². The van der Waals surface area contributed by atoms with Crippen molar-refractivity contribution < 1.29 is 17.5 Å². The summed E-state index contributed by atoms with van der Waals surface area (Å²) in [5.41, 5.74) is 3.62. The van der Waals surface area contributed by atoms with Crippen molar-refractivity contribution in [3.8, 4) is 28.0 Å². The maximum absolute atomic E-state index is 15.0. The van der Waals surface area contributed by atoms with Crippen LogP contribution in [0.4, 0.5) is 4.39 Å². The van der Waals surface area contributed by atoms with E-state index in [0.717, 1.165) is 17.2 Å². The molecule has 2 aromatic carbocycles. The van der Waals surface area contributed by atoms with Crippen LogP contribution in [0.1, 0.15) is 13.8 Å². The molecule has 4 rings (SSSR count). The molecule has 31 heavy (non-hydrogen) atoms. The number of rotatable bonds is 6. The van der Waals surface area contributed by atoms with E-state index >= 15 is 0 Å². The van der Waals surface area contributed by atoms with Crippen molar-refractivity contribution >= 4 is 21.0 Å². The minimum absolute atomic E-state index is 0.0449. The van der Waals surface area contributed by atoms with Crippen LogP contribution in [-0.2, 0) is 16.4 Å². The van der Waals surface area contributed by atoms with Gasteiger partial charge in [0.05, 0.1) is 30.3 Å². The minimum Gasteiger partial charge on any atom is -0.496 e. The Kier molecular flexibility index (Phi) is 5.45. The van der Waals surface area contributed by atoms with Crippen LogP contribution in [0.2, 0.25) is 0 Å². The molecule has 0 saturated heterocycles. The number of nitrogens with zero attached hydrogens (tertiary/aromatic N) is 4. The van der Waals surface area contributed by atoms with Gasteiger partial charge in [-0.3, -0.25) is 0 Å². The third kappa shape index (κ3) is 3.65. The lowest BCUT2D eigenvalue weighted by Gasteiger charge is -2.13. The Hall–Kier alpha value is -3.33. The van der Waals surface area contributed by atoms with Crippen molar-refractivity contribution in [1.29, 1.82) is 0 Å². The van der Waals surface area contributed by atoms with E-state index in [1.165, 1.54) is 26.2 Å². The molecule has 0 aliphatic heterocycles. The number of aryl methyl sites for hydroxylation is 1. The second-order valence-electron chi connectivity index (χ2n) is 6.92. The molecule has 0 bridgehead atoms. The number of halogens is 1. The van der Waals surface area contributed by atoms with Crippen LogP contribution in [0.5, 0.6) is 5.75 Å². The van der Waals surface area contributed by atoms with Gasteiger partial charge in [-0.25, -0.2) is 17.8 Å². The lowest BCUT2D eigenvalue weighted by Crippen LogP contribution is -2.04. The van der Waals surface area contributed by atoms with Gasteiger partial charge in [-0.2, -0.15) is 5.10 Å². The summed E-state index contributed by atoms with van der Waals surface area (Å²) in [5, 5.41) is 8.27. The number of aromatic nitrogens is 4. The molecule has 0 atom stereocenters. The summed E-state index contributed by atoms with van der Waals surface area (Å²) in [6.07, 6.45) is 3.33. The number of methoxy groups -OCH3 is 1. The van der Waals surface area contributed by atoms with E-state index in [1.54, 1.807) is 24.7 Å². The van der Waals surface area contributed by atoms with E-state index in [2.05, 4.69) is 15.2 Å². The summed E-state index contributed by atoms with van der Waals surface area (Å²) in [6.45, 7) is 4.23. The predicted molar refractivity (Wildman–Crippen MR) is 116 cm³/mol. The smallest absolute Gasteiger partial charge is 0.183 e. The molecule has 160 valence electrons. The van der Waals surface area contributed by atoms with Gasteiger partial charge in [-0.15, -0.1) is 5.10 Å². The molecule has 0 unspecified atom stereocenters. The molecule has 0 aliphatic carbocycles. The van der Waals surface area contributed by atoms with Gasteiger partial charge in [0.15, 0.2) is 15.5 Å². The topological polar surface area (TPSA) is 87.0 Å². The summed E-state index contributed by atoms with van der Waals surface area (Å²) in [4.78, 5) is 4.42. The largest absolute Gasteiger partial charge is 0.496 e. The van der Waals surface area contributed by atoms with Crippen LogP contribution in [-0.4, -0.2) is 41.0 Å². The van der Waals surface area contributed by atoms with E-state index in [9.17, 15) is 12.8 Å². The van der Waals surface area contributed by atoms with E-state index in [1.807, 2.05) is 17.6 Å². The highest BCUT2D eigenvalue weighted by atomic mass is 32.2. The van der Waals surface area contributed by atoms with Crippen molar-refractivity contribution in [3.05, 3.63) is 54.7 Å². The Morgan fingerprint density at radius 1 is 1.06 bits per heavy atom. The fourth-order valence-electron chi connectivity index (χ4n) is 3.48. The van der Waals surface area contributed by atoms with Gasteiger partial charge in [0.1, 0.15) is 17.1 Å². The maximum atomic E-state index is 15.0. The highest BCUT2D eigenvalue weighted by Crippen LogP contribution is 2.37. The summed E-state index contributed by atoms with van der Waals surface area (Å²) in [5.74, 6) is -0.274. The number of imidazole rings is 1. The fourth-order valence-corrected chi connectivity index (χ4v) is 4.37. The minimum atomic E-state index is -3.51. The van der Waals surface area contributed by atoms with Gasteiger partial charge in [0.2, 0.25) is 0 Å². The maximum Gasteiger partial charge on any atom is 0.183 e. The van der Waals surface area contributed by atoms with Crippen molar-refractivity contribution in [2.45, 2.75) is 25.3 Å². The molecular weight excluding hydrogens is 419 g/mol. The molecular formula is C22H21FN4O3S. The lowest BCUT2D eigenvalue weighted by atomic mass is 9.98. The highest BCUT2D eigenvalue weighted by Gasteiger charge is 2.19. The first-order chi connectivity index (χ1) is 14.9. The average Bonchev–Trinajstić information content (AvgIpc) is 3.22. The number of ether oxygens (including phenoxy) is 1. The first kappa shape index (κ1) is 20.9. The summed E-state index contributed by atoms with van der Waals surface area (Å²) >= 11 is 0. The third-order valence-corrected chi connectivity index (χ3v) is 6.96. The van der Waals surface area contributed by atoms with E-state index < -0.39 is 15.7 Å². The monoisotopic (exact) mass is 440 g/mol. The van der Waals surface area contributed by atoms with E-state index in [4.69, 9.17) is 4.74 Å². The van der Waals surface area contributed by atoms with Gasteiger partial charge >= 0.3 is 0 Å². The quantitative estimate of drug-likeness (QED) is 0.448. The zero-order valence-electron chi connectivity index (χ0n) is 17.3. The standard InChI is InChI=1S/C22H21FN4O3S/c1-4-27-13-24-21-18(12-25-26-22(21)27)14-6-9-20(30-3)17(10-14)16-8-7-15(11-19(16)23)31(28,29)5-2/h6-13H,4-5H2,1-3H3. The molecule has 0 aliphatic rings. The zero-order valence-corrected chi connectivity index (χ0v) is 18.1. The predicted octanol–water partition coefficient (Wildman–Crippen LogP) is 4.12. The molecule has 7 nitrogen and oxygen atoms in total. The van der Waals surface area contributed by atoms with Gasteiger partial charge in [-0.1, -0.05) is 19.1 Å². The van der Waals surface area contributed by atoms with E-state index in [0.29, 0.717) is 29.0 Å². The highest BCUT2D eigenvalue weighted by molar-refractivity contribution is 7.91. The molecule has 4 aromatic rings.